The zero-order chi connectivity index (χ0) is 11.1. The highest BCUT2D eigenvalue weighted by Gasteiger charge is 2.47. The summed E-state index contributed by atoms with van der Waals surface area (Å²) >= 11 is 0. The molecule has 2 unspecified atom stereocenters. The third-order valence-corrected chi connectivity index (χ3v) is 4.23. The van der Waals surface area contributed by atoms with E-state index in [1.807, 2.05) is 12.1 Å². The fourth-order valence-corrected chi connectivity index (χ4v) is 3.11. The smallest absolute Gasteiger partial charge is 0.165 e. The lowest BCUT2D eigenvalue weighted by Crippen LogP contribution is -2.13. The summed E-state index contributed by atoms with van der Waals surface area (Å²) in [4.78, 5) is 12.3. The van der Waals surface area contributed by atoms with Crippen molar-refractivity contribution in [2.45, 2.75) is 32.6 Å². The van der Waals surface area contributed by atoms with Crippen molar-refractivity contribution < 1.29 is 4.79 Å². The standard InChI is InChI=1S/C15H18O/c1-2-10-4-3-5-11(6-10)15(16)14-8-12-7-13(12)9-14/h3-6,12-14H,2,7-9H2,1H3. The second-order valence-electron chi connectivity index (χ2n) is 5.34. The Morgan fingerprint density at radius 2 is 2.00 bits per heavy atom. The summed E-state index contributed by atoms with van der Waals surface area (Å²) in [5.41, 5.74) is 2.21. The topological polar surface area (TPSA) is 17.1 Å². The Bertz CT molecular complexity index is 411. The van der Waals surface area contributed by atoms with E-state index in [4.69, 9.17) is 0 Å². The summed E-state index contributed by atoms with van der Waals surface area (Å²) in [6, 6.07) is 8.17. The lowest BCUT2D eigenvalue weighted by atomic mass is 9.92. The predicted molar refractivity (Wildman–Crippen MR) is 64.5 cm³/mol. The number of fused-ring (bicyclic) bond motifs is 1. The zero-order valence-corrected chi connectivity index (χ0v) is 9.78. The minimum absolute atomic E-state index is 0.329. The molecule has 2 fully saturated rings. The molecule has 1 aromatic rings. The van der Waals surface area contributed by atoms with Gasteiger partial charge in [0.1, 0.15) is 0 Å². The summed E-state index contributed by atoms with van der Waals surface area (Å²) in [5, 5.41) is 0. The number of carbonyl (C=O) groups is 1. The molecule has 0 bridgehead atoms. The molecule has 0 N–H and O–H groups in total. The molecule has 84 valence electrons. The maximum atomic E-state index is 12.3. The van der Waals surface area contributed by atoms with Crippen LogP contribution in [0.3, 0.4) is 0 Å². The SMILES string of the molecule is CCc1cccc(C(=O)C2CC3CC3C2)c1. The fraction of sp³-hybridized carbons (Fsp3) is 0.533. The summed E-state index contributed by atoms with van der Waals surface area (Å²) in [6.45, 7) is 2.13. The van der Waals surface area contributed by atoms with E-state index in [-0.39, 0.29) is 0 Å². The van der Waals surface area contributed by atoms with Crippen LogP contribution in [-0.2, 0) is 6.42 Å². The van der Waals surface area contributed by atoms with Crippen LogP contribution in [0.15, 0.2) is 24.3 Å². The first-order valence-electron chi connectivity index (χ1n) is 6.41. The first kappa shape index (κ1) is 10.1. The van der Waals surface area contributed by atoms with Crippen LogP contribution in [0, 0.1) is 17.8 Å². The van der Waals surface area contributed by atoms with Gasteiger partial charge in [-0.1, -0.05) is 25.1 Å². The Hall–Kier alpha value is -1.11. The Labute approximate surface area is 96.9 Å². The maximum absolute atomic E-state index is 12.3. The van der Waals surface area contributed by atoms with Crippen molar-refractivity contribution in [1.82, 2.24) is 0 Å². The van der Waals surface area contributed by atoms with Crippen LogP contribution in [0.1, 0.15) is 42.1 Å². The van der Waals surface area contributed by atoms with Gasteiger partial charge in [-0.15, -0.1) is 0 Å². The highest BCUT2D eigenvalue weighted by Crippen LogP contribution is 2.54. The Morgan fingerprint density at radius 1 is 1.25 bits per heavy atom. The highest BCUT2D eigenvalue weighted by molar-refractivity contribution is 5.98. The van der Waals surface area contributed by atoms with Crippen molar-refractivity contribution in [3.05, 3.63) is 35.4 Å². The van der Waals surface area contributed by atoms with Crippen molar-refractivity contribution in [3.63, 3.8) is 0 Å². The van der Waals surface area contributed by atoms with E-state index >= 15 is 0 Å². The van der Waals surface area contributed by atoms with Gasteiger partial charge in [-0.2, -0.15) is 0 Å². The van der Waals surface area contributed by atoms with Crippen molar-refractivity contribution in [2.75, 3.05) is 0 Å². The third-order valence-electron chi connectivity index (χ3n) is 4.23. The monoisotopic (exact) mass is 214 g/mol. The van der Waals surface area contributed by atoms with Crippen LogP contribution in [0.25, 0.3) is 0 Å². The molecule has 1 aromatic carbocycles. The summed E-state index contributed by atoms with van der Waals surface area (Å²) in [7, 11) is 0. The average Bonchev–Trinajstić information content (AvgIpc) is 2.95. The molecule has 16 heavy (non-hydrogen) atoms. The number of Topliss-reactive ketones (excluding diaryl/α,β-unsaturated/α-hetero) is 1. The first-order chi connectivity index (χ1) is 7.78. The van der Waals surface area contributed by atoms with Crippen LogP contribution in [0.4, 0.5) is 0 Å². The Kier molecular flexibility index (Phi) is 2.34. The van der Waals surface area contributed by atoms with Crippen LogP contribution >= 0.6 is 0 Å². The Morgan fingerprint density at radius 3 is 2.69 bits per heavy atom. The van der Waals surface area contributed by atoms with E-state index < -0.39 is 0 Å². The van der Waals surface area contributed by atoms with Gasteiger partial charge in [0, 0.05) is 11.5 Å². The highest BCUT2D eigenvalue weighted by atomic mass is 16.1. The van der Waals surface area contributed by atoms with Gasteiger partial charge in [-0.05, 0) is 49.1 Å². The molecular weight excluding hydrogens is 196 g/mol. The van der Waals surface area contributed by atoms with E-state index in [1.165, 1.54) is 12.0 Å². The van der Waals surface area contributed by atoms with Crippen LogP contribution < -0.4 is 0 Å². The molecule has 2 saturated carbocycles. The normalized spacial score (nSPS) is 31.2. The molecule has 0 aliphatic heterocycles. The van der Waals surface area contributed by atoms with Gasteiger partial charge in [0.2, 0.25) is 0 Å². The minimum Gasteiger partial charge on any atom is -0.294 e. The van der Waals surface area contributed by atoms with E-state index in [2.05, 4.69) is 19.1 Å². The molecule has 3 rings (SSSR count). The largest absolute Gasteiger partial charge is 0.294 e. The van der Waals surface area contributed by atoms with E-state index in [9.17, 15) is 4.79 Å². The van der Waals surface area contributed by atoms with Gasteiger partial charge in [-0.3, -0.25) is 4.79 Å². The number of benzene rings is 1. The number of aryl methyl sites for hydroxylation is 1. The molecule has 0 aromatic heterocycles. The number of ketones is 1. The fourth-order valence-electron chi connectivity index (χ4n) is 3.11. The van der Waals surface area contributed by atoms with Gasteiger partial charge in [0.05, 0.1) is 0 Å². The van der Waals surface area contributed by atoms with Crippen molar-refractivity contribution in [2.24, 2.45) is 17.8 Å². The van der Waals surface area contributed by atoms with E-state index in [0.29, 0.717) is 11.7 Å². The second-order valence-corrected chi connectivity index (χ2v) is 5.34. The quantitative estimate of drug-likeness (QED) is 0.704. The molecule has 2 aliphatic carbocycles. The zero-order valence-electron chi connectivity index (χ0n) is 9.78. The molecule has 0 spiro atoms. The van der Waals surface area contributed by atoms with Gasteiger partial charge in [0.25, 0.3) is 0 Å². The van der Waals surface area contributed by atoms with E-state index in [0.717, 1.165) is 36.7 Å². The maximum Gasteiger partial charge on any atom is 0.165 e. The summed E-state index contributed by atoms with van der Waals surface area (Å²) < 4.78 is 0. The van der Waals surface area contributed by atoms with Gasteiger partial charge >= 0.3 is 0 Å². The van der Waals surface area contributed by atoms with Crippen molar-refractivity contribution >= 4 is 5.78 Å². The number of rotatable bonds is 3. The molecule has 0 radical (unpaired) electrons. The second kappa shape index (κ2) is 3.73. The van der Waals surface area contributed by atoms with Crippen molar-refractivity contribution in [3.8, 4) is 0 Å². The third kappa shape index (κ3) is 1.68. The van der Waals surface area contributed by atoms with Gasteiger partial charge in [0.15, 0.2) is 5.78 Å². The van der Waals surface area contributed by atoms with Gasteiger partial charge in [-0.25, -0.2) is 0 Å². The number of hydrogen-bond acceptors (Lipinski definition) is 1. The predicted octanol–water partition coefficient (Wildman–Crippen LogP) is 3.48. The molecule has 1 heteroatoms. The van der Waals surface area contributed by atoms with E-state index in [1.54, 1.807) is 0 Å². The Balaban J connectivity index is 1.77. The number of carbonyl (C=O) groups excluding carboxylic acids is 1. The molecule has 2 aliphatic rings. The molecule has 0 saturated heterocycles. The van der Waals surface area contributed by atoms with Crippen LogP contribution in [0.5, 0.6) is 0 Å². The summed E-state index contributed by atoms with van der Waals surface area (Å²) in [5.74, 6) is 2.50. The molecule has 2 atom stereocenters. The lowest BCUT2D eigenvalue weighted by molar-refractivity contribution is 0.0914. The van der Waals surface area contributed by atoms with Crippen LogP contribution in [0.2, 0.25) is 0 Å². The molecule has 0 amide bonds. The number of hydrogen-bond donors (Lipinski definition) is 0. The minimum atomic E-state index is 0.329. The van der Waals surface area contributed by atoms with Gasteiger partial charge < -0.3 is 0 Å². The molecule has 0 heterocycles. The average molecular weight is 214 g/mol. The van der Waals surface area contributed by atoms with Crippen molar-refractivity contribution in [1.29, 1.82) is 0 Å². The molecule has 1 nitrogen and oxygen atoms in total. The van der Waals surface area contributed by atoms with Crippen LogP contribution in [-0.4, -0.2) is 5.78 Å². The summed E-state index contributed by atoms with van der Waals surface area (Å²) in [6.07, 6.45) is 4.70. The first-order valence-corrected chi connectivity index (χ1v) is 6.41. The lowest BCUT2D eigenvalue weighted by Gasteiger charge is -2.11. The molecular formula is C15H18O.